The molecule has 0 aliphatic heterocycles. The Morgan fingerprint density at radius 2 is 1.94 bits per heavy atom. The summed E-state index contributed by atoms with van der Waals surface area (Å²) < 4.78 is 0. The Balaban J connectivity index is 2.21. The van der Waals surface area contributed by atoms with E-state index in [4.69, 9.17) is 0 Å². The molecule has 0 aliphatic carbocycles. The van der Waals surface area contributed by atoms with E-state index in [-0.39, 0.29) is 0 Å². The van der Waals surface area contributed by atoms with Gasteiger partial charge in [-0.3, -0.25) is 0 Å². The van der Waals surface area contributed by atoms with Crippen LogP contribution in [0.15, 0.2) is 30.6 Å². The highest BCUT2D eigenvalue weighted by Crippen LogP contribution is 2.15. The lowest BCUT2D eigenvalue weighted by Gasteiger charge is -2.12. The van der Waals surface area contributed by atoms with Crippen LogP contribution in [0.1, 0.15) is 5.69 Å². The van der Waals surface area contributed by atoms with Crippen molar-refractivity contribution >= 4 is 17.5 Å². The quantitative estimate of drug-likeness (QED) is 0.872. The first kappa shape index (κ1) is 11.3. The summed E-state index contributed by atoms with van der Waals surface area (Å²) in [4.78, 5) is 14.6. The van der Waals surface area contributed by atoms with E-state index in [1.807, 2.05) is 50.2 Å². The zero-order chi connectivity index (χ0) is 12.3. The topological polar surface area (TPSA) is 53.9 Å². The number of anilines is 3. The minimum Gasteiger partial charge on any atom is -0.363 e. The summed E-state index contributed by atoms with van der Waals surface area (Å²) in [6.07, 6.45) is 1.54. The summed E-state index contributed by atoms with van der Waals surface area (Å²) in [7, 11) is 3.88. The molecular weight excluding hydrogens is 214 g/mol. The predicted molar refractivity (Wildman–Crippen MR) is 68.6 cm³/mol. The van der Waals surface area contributed by atoms with Crippen molar-refractivity contribution in [2.45, 2.75) is 6.92 Å². The number of hydrogen-bond acceptors (Lipinski definition) is 5. The van der Waals surface area contributed by atoms with Crippen LogP contribution in [0, 0.1) is 6.92 Å². The molecule has 2 heterocycles. The molecule has 0 aliphatic rings. The minimum absolute atomic E-state index is 0.738. The molecule has 0 saturated carbocycles. The first-order chi connectivity index (χ1) is 8.15. The molecule has 0 aromatic carbocycles. The van der Waals surface area contributed by atoms with Gasteiger partial charge in [0.25, 0.3) is 0 Å². The summed E-state index contributed by atoms with van der Waals surface area (Å²) in [5, 5.41) is 3.15. The van der Waals surface area contributed by atoms with Crippen molar-refractivity contribution < 1.29 is 0 Å². The maximum atomic E-state index is 4.36. The first-order valence-electron chi connectivity index (χ1n) is 5.35. The van der Waals surface area contributed by atoms with E-state index in [1.165, 1.54) is 6.33 Å². The first-order valence-corrected chi connectivity index (χ1v) is 5.35. The maximum absolute atomic E-state index is 4.36. The second-order valence-electron chi connectivity index (χ2n) is 3.95. The number of hydrogen-bond donors (Lipinski definition) is 1. The molecule has 88 valence electrons. The predicted octanol–water partition coefficient (Wildman–Crippen LogP) is 1.99. The van der Waals surface area contributed by atoms with E-state index >= 15 is 0 Å². The third-order valence-corrected chi connectivity index (χ3v) is 2.26. The van der Waals surface area contributed by atoms with Crippen LogP contribution in [0.4, 0.5) is 17.5 Å². The molecule has 0 atom stereocenters. The fraction of sp³-hybridized carbons (Fsp3) is 0.250. The second kappa shape index (κ2) is 4.78. The molecule has 2 aromatic rings. The number of aromatic nitrogens is 3. The van der Waals surface area contributed by atoms with Gasteiger partial charge in [-0.05, 0) is 19.1 Å². The number of nitrogens with zero attached hydrogens (tertiary/aromatic N) is 4. The van der Waals surface area contributed by atoms with Gasteiger partial charge in [-0.15, -0.1) is 0 Å². The fourth-order valence-corrected chi connectivity index (χ4v) is 1.40. The molecule has 5 nitrogen and oxygen atoms in total. The van der Waals surface area contributed by atoms with Gasteiger partial charge < -0.3 is 10.2 Å². The summed E-state index contributed by atoms with van der Waals surface area (Å²) in [6, 6.07) is 7.70. The molecule has 2 aromatic heterocycles. The Hall–Kier alpha value is -2.17. The molecular formula is C12H15N5. The van der Waals surface area contributed by atoms with Crippen LogP contribution >= 0.6 is 0 Å². The monoisotopic (exact) mass is 229 g/mol. The smallest absolute Gasteiger partial charge is 0.137 e. The molecule has 1 N–H and O–H groups in total. The highest BCUT2D eigenvalue weighted by Gasteiger charge is 2.01. The van der Waals surface area contributed by atoms with Gasteiger partial charge in [-0.1, -0.05) is 6.07 Å². The van der Waals surface area contributed by atoms with Crippen LogP contribution in [0.5, 0.6) is 0 Å². The lowest BCUT2D eigenvalue weighted by molar-refractivity contribution is 1.04. The van der Waals surface area contributed by atoms with Gasteiger partial charge in [-0.2, -0.15) is 0 Å². The van der Waals surface area contributed by atoms with Gasteiger partial charge in [0.1, 0.15) is 23.8 Å². The van der Waals surface area contributed by atoms with E-state index in [0.717, 1.165) is 23.1 Å². The standard InChI is InChI=1S/C12H15N5/c1-9-5-4-6-10(15-9)16-11-7-12(17(2)3)14-8-13-11/h4-8H,1-3H3,(H,13,14,15,16). The molecule has 0 saturated heterocycles. The second-order valence-corrected chi connectivity index (χ2v) is 3.95. The van der Waals surface area contributed by atoms with Crippen LogP contribution in [0.25, 0.3) is 0 Å². The Bertz CT molecular complexity index is 510. The van der Waals surface area contributed by atoms with Crippen molar-refractivity contribution in [3.8, 4) is 0 Å². The molecule has 5 heteroatoms. The molecule has 0 bridgehead atoms. The van der Waals surface area contributed by atoms with Crippen molar-refractivity contribution in [1.29, 1.82) is 0 Å². The number of rotatable bonds is 3. The van der Waals surface area contributed by atoms with E-state index in [2.05, 4.69) is 20.3 Å². The lowest BCUT2D eigenvalue weighted by atomic mass is 10.3. The molecule has 0 radical (unpaired) electrons. The average Bonchev–Trinajstić information content (AvgIpc) is 2.29. The van der Waals surface area contributed by atoms with E-state index in [9.17, 15) is 0 Å². The van der Waals surface area contributed by atoms with E-state index in [0.29, 0.717) is 0 Å². The fourth-order valence-electron chi connectivity index (χ4n) is 1.40. The molecule has 0 unspecified atom stereocenters. The summed E-state index contributed by atoms with van der Waals surface area (Å²) in [6.45, 7) is 1.95. The van der Waals surface area contributed by atoms with Crippen LogP contribution in [0.2, 0.25) is 0 Å². The zero-order valence-electron chi connectivity index (χ0n) is 10.2. The Kier molecular flexibility index (Phi) is 3.18. The minimum atomic E-state index is 0.738. The highest BCUT2D eigenvalue weighted by molar-refractivity contribution is 5.55. The van der Waals surface area contributed by atoms with Crippen molar-refractivity contribution in [3.05, 3.63) is 36.3 Å². The number of pyridine rings is 1. The van der Waals surface area contributed by atoms with Crippen LogP contribution in [0.3, 0.4) is 0 Å². The van der Waals surface area contributed by atoms with Crippen LogP contribution in [-0.4, -0.2) is 29.0 Å². The third-order valence-electron chi connectivity index (χ3n) is 2.26. The maximum Gasteiger partial charge on any atom is 0.137 e. The van der Waals surface area contributed by atoms with Crippen molar-refractivity contribution in [3.63, 3.8) is 0 Å². The summed E-state index contributed by atoms with van der Waals surface area (Å²) in [5.74, 6) is 2.38. The molecule has 0 fully saturated rings. The summed E-state index contributed by atoms with van der Waals surface area (Å²) >= 11 is 0. The van der Waals surface area contributed by atoms with Crippen molar-refractivity contribution in [2.24, 2.45) is 0 Å². The SMILES string of the molecule is Cc1cccc(Nc2cc(N(C)C)ncn2)n1. The average molecular weight is 229 g/mol. The number of aryl methyl sites for hydroxylation is 1. The largest absolute Gasteiger partial charge is 0.363 e. The molecule has 17 heavy (non-hydrogen) atoms. The molecule has 0 spiro atoms. The lowest BCUT2D eigenvalue weighted by Crippen LogP contribution is -2.11. The van der Waals surface area contributed by atoms with Gasteiger partial charge in [0.2, 0.25) is 0 Å². The normalized spacial score (nSPS) is 10.1. The molecule has 2 rings (SSSR count). The van der Waals surface area contributed by atoms with Gasteiger partial charge in [0, 0.05) is 25.9 Å². The molecule has 0 amide bonds. The van der Waals surface area contributed by atoms with Gasteiger partial charge in [0.15, 0.2) is 0 Å². The van der Waals surface area contributed by atoms with Gasteiger partial charge >= 0.3 is 0 Å². The zero-order valence-corrected chi connectivity index (χ0v) is 10.2. The summed E-state index contributed by atoms with van der Waals surface area (Å²) in [5.41, 5.74) is 0.969. The van der Waals surface area contributed by atoms with E-state index < -0.39 is 0 Å². The van der Waals surface area contributed by atoms with Gasteiger partial charge in [0.05, 0.1) is 0 Å². The van der Waals surface area contributed by atoms with E-state index in [1.54, 1.807) is 0 Å². The van der Waals surface area contributed by atoms with Crippen molar-refractivity contribution in [2.75, 3.05) is 24.3 Å². The van der Waals surface area contributed by atoms with Crippen molar-refractivity contribution in [1.82, 2.24) is 15.0 Å². The Labute approximate surface area is 101 Å². The highest BCUT2D eigenvalue weighted by atomic mass is 15.2. The van der Waals surface area contributed by atoms with Gasteiger partial charge in [-0.25, -0.2) is 15.0 Å². The third kappa shape index (κ3) is 2.90. The number of nitrogens with one attached hydrogen (secondary N) is 1. The Morgan fingerprint density at radius 3 is 2.65 bits per heavy atom. The Morgan fingerprint density at radius 1 is 1.12 bits per heavy atom. The van der Waals surface area contributed by atoms with Crippen LogP contribution in [-0.2, 0) is 0 Å². The van der Waals surface area contributed by atoms with Crippen LogP contribution < -0.4 is 10.2 Å².